The van der Waals surface area contributed by atoms with Crippen molar-refractivity contribution in [3.63, 3.8) is 0 Å². The molecule has 4 amide bonds. The number of amides is 4. The van der Waals surface area contributed by atoms with E-state index in [0.29, 0.717) is 6.54 Å². The van der Waals surface area contributed by atoms with Crippen LogP contribution in [0.25, 0.3) is 0 Å². The van der Waals surface area contributed by atoms with Crippen molar-refractivity contribution < 1.29 is 29.0 Å². The number of ether oxygens (including phenoxy) is 1. The molecule has 1 rings (SSSR count). The Morgan fingerprint density at radius 2 is 1.68 bits per heavy atom. The predicted octanol–water partition coefficient (Wildman–Crippen LogP) is 3.53. The Balaban J connectivity index is 3.52. The molecule has 0 radical (unpaired) electrons. The van der Waals surface area contributed by atoms with E-state index in [1.165, 1.54) is 11.0 Å². The van der Waals surface area contributed by atoms with Crippen molar-refractivity contribution in [1.82, 2.24) is 15.5 Å². The summed E-state index contributed by atoms with van der Waals surface area (Å²) in [6, 6.07) is 3.91. The van der Waals surface area contributed by atoms with Crippen molar-refractivity contribution in [2.75, 3.05) is 6.54 Å². The molecule has 0 saturated heterocycles. The first-order chi connectivity index (χ1) is 17.1. The second-order valence-corrected chi connectivity index (χ2v) is 11.0. The van der Waals surface area contributed by atoms with Gasteiger partial charge < -0.3 is 31.1 Å². The molecule has 0 fully saturated rings. The first kappa shape index (κ1) is 31.7. The number of para-hydroxylation sites is 1. The van der Waals surface area contributed by atoms with E-state index in [2.05, 4.69) is 17.6 Å². The summed E-state index contributed by atoms with van der Waals surface area (Å²) in [6.07, 6.45) is 1.56. The lowest BCUT2D eigenvalue weighted by Crippen LogP contribution is -2.58. The molecule has 0 aliphatic carbocycles. The van der Waals surface area contributed by atoms with E-state index in [4.69, 9.17) is 10.5 Å². The Morgan fingerprint density at radius 1 is 1.05 bits per heavy atom. The highest BCUT2D eigenvalue weighted by atomic mass is 16.6. The molecule has 5 N–H and O–H groups in total. The SMILES string of the molecule is CCCCCNC(=O)C(c1ccccc1O)N(C(=O)C(CCC(N)=O)NC(=O)OC(C)(C)C)C(C)(C)C. The predicted molar refractivity (Wildman–Crippen MR) is 142 cm³/mol. The highest BCUT2D eigenvalue weighted by Gasteiger charge is 2.42. The maximum absolute atomic E-state index is 14.1. The van der Waals surface area contributed by atoms with Crippen LogP contribution < -0.4 is 16.4 Å². The third-order valence-corrected chi connectivity index (χ3v) is 5.45. The van der Waals surface area contributed by atoms with Gasteiger partial charge in [0.15, 0.2) is 0 Å². The van der Waals surface area contributed by atoms with Gasteiger partial charge in [-0.1, -0.05) is 38.0 Å². The Labute approximate surface area is 220 Å². The number of phenols is 1. The van der Waals surface area contributed by atoms with Gasteiger partial charge in [0.2, 0.25) is 17.7 Å². The number of hydrogen-bond donors (Lipinski definition) is 4. The lowest BCUT2D eigenvalue weighted by Gasteiger charge is -2.43. The van der Waals surface area contributed by atoms with Gasteiger partial charge in [-0.05, 0) is 60.5 Å². The normalized spacial score (nSPS) is 13.3. The number of carbonyl (C=O) groups is 4. The number of nitrogens with two attached hydrogens (primary N) is 1. The number of nitrogens with one attached hydrogen (secondary N) is 2. The Hall–Kier alpha value is -3.30. The monoisotopic (exact) mass is 520 g/mol. The third kappa shape index (κ3) is 10.7. The minimum atomic E-state index is -1.21. The molecule has 0 aromatic heterocycles. The molecule has 2 atom stereocenters. The number of benzene rings is 1. The molecule has 0 aliphatic heterocycles. The molecule has 0 saturated carbocycles. The first-order valence-corrected chi connectivity index (χ1v) is 12.7. The second-order valence-electron chi connectivity index (χ2n) is 11.0. The number of carbonyl (C=O) groups excluding carboxylic acids is 4. The van der Waals surface area contributed by atoms with E-state index >= 15 is 0 Å². The van der Waals surface area contributed by atoms with E-state index < -0.39 is 47.0 Å². The van der Waals surface area contributed by atoms with Gasteiger partial charge in [0.1, 0.15) is 23.4 Å². The average molecular weight is 521 g/mol. The third-order valence-electron chi connectivity index (χ3n) is 5.45. The van der Waals surface area contributed by atoms with Gasteiger partial charge in [-0.2, -0.15) is 0 Å². The summed E-state index contributed by atoms with van der Waals surface area (Å²) in [5.74, 6) is -1.87. The first-order valence-electron chi connectivity index (χ1n) is 12.7. The van der Waals surface area contributed by atoms with E-state index in [9.17, 15) is 24.3 Å². The number of rotatable bonds is 12. The minimum Gasteiger partial charge on any atom is -0.508 e. The quantitative estimate of drug-likeness (QED) is 0.310. The Morgan fingerprint density at radius 3 is 2.19 bits per heavy atom. The highest BCUT2D eigenvalue weighted by Crippen LogP contribution is 2.34. The largest absolute Gasteiger partial charge is 0.508 e. The molecule has 1 aromatic carbocycles. The zero-order chi connectivity index (χ0) is 28.4. The van der Waals surface area contributed by atoms with Crippen LogP contribution in [0.4, 0.5) is 4.79 Å². The van der Waals surface area contributed by atoms with Crippen molar-refractivity contribution >= 4 is 23.8 Å². The van der Waals surface area contributed by atoms with Gasteiger partial charge in [0, 0.05) is 24.1 Å². The average Bonchev–Trinajstić information content (AvgIpc) is 2.75. The fraction of sp³-hybridized carbons (Fsp3) is 0.630. The van der Waals surface area contributed by atoms with Crippen LogP contribution >= 0.6 is 0 Å². The molecular weight excluding hydrogens is 476 g/mol. The van der Waals surface area contributed by atoms with Gasteiger partial charge in [-0.15, -0.1) is 0 Å². The summed E-state index contributed by atoms with van der Waals surface area (Å²) in [5.41, 5.74) is 3.83. The lowest BCUT2D eigenvalue weighted by molar-refractivity contribution is -0.148. The maximum Gasteiger partial charge on any atom is 0.408 e. The summed E-state index contributed by atoms with van der Waals surface area (Å²) < 4.78 is 5.32. The summed E-state index contributed by atoms with van der Waals surface area (Å²) >= 11 is 0. The van der Waals surface area contributed by atoms with Crippen molar-refractivity contribution in [2.45, 2.75) is 104 Å². The zero-order valence-corrected chi connectivity index (χ0v) is 23.2. The highest BCUT2D eigenvalue weighted by molar-refractivity contribution is 5.93. The van der Waals surface area contributed by atoms with E-state index in [0.717, 1.165) is 19.3 Å². The summed E-state index contributed by atoms with van der Waals surface area (Å²) in [4.78, 5) is 53.1. The maximum atomic E-state index is 14.1. The lowest BCUT2D eigenvalue weighted by atomic mass is 9.94. The minimum absolute atomic E-state index is 0.0917. The molecule has 1 aromatic rings. The molecule has 0 heterocycles. The fourth-order valence-corrected chi connectivity index (χ4v) is 3.81. The Bertz CT molecular complexity index is 936. The summed E-state index contributed by atoms with van der Waals surface area (Å²) in [7, 11) is 0. The van der Waals surface area contributed by atoms with Crippen LogP contribution in [0.2, 0.25) is 0 Å². The molecule has 0 aliphatic rings. The molecule has 37 heavy (non-hydrogen) atoms. The topological polar surface area (TPSA) is 151 Å². The number of hydrogen-bond acceptors (Lipinski definition) is 6. The van der Waals surface area contributed by atoms with E-state index in [1.807, 2.05) is 0 Å². The zero-order valence-electron chi connectivity index (χ0n) is 23.2. The summed E-state index contributed by atoms with van der Waals surface area (Å²) in [5, 5.41) is 16.1. The molecule has 10 heteroatoms. The summed E-state index contributed by atoms with van der Waals surface area (Å²) in [6.45, 7) is 12.8. The van der Waals surface area contributed by atoms with Gasteiger partial charge in [0.25, 0.3) is 0 Å². The number of unbranched alkanes of at least 4 members (excludes halogenated alkanes) is 2. The number of nitrogens with zero attached hydrogens (tertiary/aromatic N) is 1. The Kier molecular flexibility index (Phi) is 11.9. The van der Waals surface area contributed by atoms with Gasteiger partial charge in [-0.25, -0.2) is 4.79 Å². The van der Waals surface area contributed by atoms with Crippen LogP contribution in [0, 0.1) is 0 Å². The smallest absolute Gasteiger partial charge is 0.408 e. The number of aromatic hydroxyl groups is 1. The second kappa shape index (κ2) is 13.9. The van der Waals surface area contributed by atoms with Gasteiger partial charge >= 0.3 is 6.09 Å². The number of primary amides is 1. The van der Waals surface area contributed by atoms with E-state index in [-0.39, 0.29) is 24.2 Å². The fourth-order valence-electron chi connectivity index (χ4n) is 3.81. The van der Waals surface area contributed by atoms with Crippen molar-refractivity contribution in [3.05, 3.63) is 29.8 Å². The molecule has 2 unspecified atom stereocenters. The van der Waals surface area contributed by atoms with Crippen molar-refractivity contribution in [2.24, 2.45) is 5.73 Å². The van der Waals surface area contributed by atoms with Crippen LogP contribution in [-0.2, 0) is 19.1 Å². The van der Waals surface area contributed by atoms with Crippen LogP contribution in [0.1, 0.15) is 92.2 Å². The van der Waals surface area contributed by atoms with Crippen LogP contribution in [0.5, 0.6) is 5.75 Å². The van der Waals surface area contributed by atoms with Crippen molar-refractivity contribution in [3.8, 4) is 5.75 Å². The number of alkyl carbamates (subject to hydrolysis) is 1. The molecule has 0 bridgehead atoms. The number of phenolic OH excluding ortho intramolecular Hbond substituents is 1. The molecular formula is C27H44N4O6. The molecule has 0 spiro atoms. The molecule has 208 valence electrons. The van der Waals surface area contributed by atoms with Crippen molar-refractivity contribution in [1.29, 1.82) is 0 Å². The van der Waals surface area contributed by atoms with Crippen LogP contribution in [0.15, 0.2) is 24.3 Å². The van der Waals surface area contributed by atoms with Gasteiger partial charge in [-0.3, -0.25) is 14.4 Å². The van der Waals surface area contributed by atoms with E-state index in [1.54, 1.807) is 59.7 Å². The van der Waals surface area contributed by atoms with Gasteiger partial charge in [0.05, 0.1) is 0 Å². The van der Waals surface area contributed by atoms with Crippen LogP contribution in [0.3, 0.4) is 0 Å². The van der Waals surface area contributed by atoms with Crippen LogP contribution in [-0.4, -0.2) is 57.5 Å². The standard InChI is InChI=1S/C27H44N4O6/c1-8-9-12-17-29-23(34)22(18-13-10-11-14-20(18)32)31(26(2,3)4)24(35)19(15-16-21(28)33)30-25(36)37-27(5,6)7/h10-11,13-14,19,22,32H,8-9,12,15-17H2,1-7H3,(H2,28,33)(H,29,34)(H,30,36). The molecule has 10 nitrogen and oxygen atoms in total.